The van der Waals surface area contributed by atoms with Gasteiger partial charge in [-0.05, 0) is 19.4 Å². The minimum atomic E-state index is -4.69. The average molecular weight is 381 g/mol. The molecular formula is C16H14F3N5O3. The van der Waals surface area contributed by atoms with Crippen LogP contribution in [0.1, 0.15) is 35.8 Å². The van der Waals surface area contributed by atoms with Crippen LogP contribution in [0.4, 0.5) is 13.2 Å². The summed E-state index contributed by atoms with van der Waals surface area (Å²) >= 11 is 0. The second-order valence-electron chi connectivity index (χ2n) is 5.87. The van der Waals surface area contributed by atoms with Crippen molar-refractivity contribution in [2.45, 2.75) is 32.7 Å². The summed E-state index contributed by atoms with van der Waals surface area (Å²) < 4.78 is 48.2. The number of esters is 1. The van der Waals surface area contributed by atoms with Crippen LogP contribution in [0.5, 0.6) is 0 Å². The molecule has 0 aliphatic rings. The van der Waals surface area contributed by atoms with Crippen LogP contribution in [0.25, 0.3) is 11.4 Å². The van der Waals surface area contributed by atoms with Gasteiger partial charge in [-0.1, -0.05) is 34.6 Å². The van der Waals surface area contributed by atoms with Crippen LogP contribution in [0.3, 0.4) is 0 Å². The Labute approximate surface area is 150 Å². The van der Waals surface area contributed by atoms with Gasteiger partial charge in [-0.15, -0.1) is 5.10 Å². The van der Waals surface area contributed by atoms with Gasteiger partial charge in [0.05, 0.1) is 18.8 Å². The number of benzene rings is 1. The predicted octanol–water partition coefficient (Wildman–Crippen LogP) is 2.96. The summed E-state index contributed by atoms with van der Waals surface area (Å²) in [6.07, 6.45) is -3.50. The van der Waals surface area contributed by atoms with Gasteiger partial charge in [0, 0.05) is 5.56 Å². The first-order valence-corrected chi connectivity index (χ1v) is 7.83. The van der Waals surface area contributed by atoms with Crippen molar-refractivity contribution in [2.75, 3.05) is 0 Å². The molecule has 0 amide bonds. The van der Waals surface area contributed by atoms with Crippen LogP contribution in [-0.4, -0.2) is 37.2 Å². The number of rotatable bonds is 5. The van der Waals surface area contributed by atoms with Crippen molar-refractivity contribution in [1.29, 1.82) is 0 Å². The molecule has 3 aromatic rings. The monoisotopic (exact) mass is 381 g/mol. The molecule has 8 nitrogen and oxygen atoms in total. The van der Waals surface area contributed by atoms with Gasteiger partial charge in [-0.3, -0.25) is 0 Å². The topological polar surface area (TPSA) is 95.9 Å². The van der Waals surface area contributed by atoms with E-state index in [-0.39, 0.29) is 17.6 Å². The lowest BCUT2D eigenvalue weighted by molar-refractivity contribution is -0.159. The zero-order valence-corrected chi connectivity index (χ0v) is 14.3. The number of hydrogen-bond acceptors (Lipinski definition) is 7. The van der Waals surface area contributed by atoms with Crippen molar-refractivity contribution in [3.8, 4) is 11.4 Å². The van der Waals surface area contributed by atoms with E-state index in [4.69, 9.17) is 4.74 Å². The highest BCUT2D eigenvalue weighted by Crippen LogP contribution is 2.29. The van der Waals surface area contributed by atoms with E-state index in [1.165, 1.54) is 10.9 Å². The molecule has 2 heterocycles. The number of halogens is 3. The molecule has 0 radical (unpaired) electrons. The third-order valence-electron chi connectivity index (χ3n) is 3.32. The van der Waals surface area contributed by atoms with Gasteiger partial charge in [0.1, 0.15) is 0 Å². The molecule has 0 bridgehead atoms. The molecule has 0 unspecified atom stereocenters. The van der Waals surface area contributed by atoms with Crippen LogP contribution >= 0.6 is 0 Å². The molecule has 1 aromatic carbocycles. The van der Waals surface area contributed by atoms with Crippen molar-refractivity contribution >= 4 is 5.97 Å². The van der Waals surface area contributed by atoms with Gasteiger partial charge in [-0.25, -0.2) is 9.48 Å². The summed E-state index contributed by atoms with van der Waals surface area (Å²) in [4.78, 5) is 15.1. The number of alkyl halides is 3. The second-order valence-corrected chi connectivity index (χ2v) is 5.87. The van der Waals surface area contributed by atoms with Crippen molar-refractivity contribution < 1.29 is 27.2 Å². The lowest BCUT2D eigenvalue weighted by Crippen LogP contribution is -2.11. The fourth-order valence-electron chi connectivity index (χ4n) is 2.15. The molecule has 0 aliphatic carbocycles. The van der Waals surface area contributed by atoms with Gasteiger partial charge in [0.2, 0.25) is 5.82 Å². The third kappa shape index (κ3) is 4.49. The molecule has 27 heavy (non-hydrogen) atoms. The van der Waals surface area contributed by atoms with E-state index < -0.39 is 18.0 Å². The van der Waals surface area contributed by atoms with Crippen molar-refractivity contribution in [3.63, 3.8) is 0 Å². The van der Waals surface area contributed by atoms with Gasteiger partial charge in [-0.2, -0.15) is 18.2 Å². The Bertz CT molecular complexity index is 931. The third-order valence-corrected chi connectivity index (χ3v) is 3.32. The lowest BCUT2D eigenvalue weighted by Gasteiger charge is -2.04. The first kappa shape index (κ1) is 18.5. The Balaban J connectivity index is 1.69. The Morgan fingerprint density at radius 1 is 1.26 bits per heavy atom. The smallest absolute Gasteiger partial charge is 0.458 e. The standard InChI is InChI=1S/C16H14F3N5O3/c1-9(2)26-14(25)12-8-24(23-21-12)7-10-3-5-11(6-4-10)13-20-15(27-22-13)16(17,18)19/h3-6,8-9H,7H2,1-2H3. The summed E-state index contributed by atoms with van der Waals surface area (Å²) in [7, 11) is 0. The average Bonchev–Trinajstić information content (AvgIpc) is 3.24. The number of hydrogen-bond donors (Lipinski definition) is 0. The van der Waals surface area contributed by atoms with E-state index in [0.29, 0.717) is 12.1 Å². The molecular weight excluding hydrogens is 367 g/mol. The highest BCUT2D eigenvalue weighted by atomic mass is 19.4. The summed E-state index contributed by atoms with van der Waals surface area (Å²) in [5.74, 6) is -2.12. The van der Waals surface area contributed by atoms with Crippen molar-refractivity contribution in [3.05, 3.63) is 47.6 Å². The van der Waals surface area contributed by atoms with Crippen molar-refractivity contribution in [2.24, 2.45) is 0 Å². The molecule has 0 atom stereocenters. The molecule has 0 saturated heterocycles. The minimum Gasteiger partial charge on any atom is -0.458 e. The zero-order valence-electron chi connectivity index (χ0n) is 14.3. The van der Waals surface area contributed by atoms with Gasteiger partial charge >= 0.3 is 18.0 Å². The Morgan fingerprint density at radius 3 is 2.56 bits per heavy atom. The number of carbonyl (C=O) groups is 1. The largest absolute Gasteiger partial charge is 0.471 e. The first-order valence-electron chi connectivity index (χ1n) is 7.83. The Kier molecular flexibility index (Phi) is 4.93. The summed E-state index contributed by atoms with van der Waals surface area (Å²) in [6, 6.07) is 6.47. The highest BCUT2D eigenvalue weighted by molar-refractivity contribution is 5.86. The fraction of sp³-hybridized carbons (Fsp3) is 0.312. The van der Waals surface area contributed by atoms with Crippen LogP contribution in [-0.2, 0) is 17.5 Å². The molecule has 11 heteroatoms. The zero-order chi connectivity index (χ0) is 19.6. The maximum atomic E-state index is 12.5. The molecule has 0 fully saturated rings. The molecule has 0 spiro atoms. The number of ether oxygens (including phenoxy) is 1. The molecule has 0 N–H and O–H groups in total. The second kappa shape index (κ2) is 7.17. The van der Waals surface area contributed by atoms with E-state index in [9.17, 15) is 18.0 Å². The SMILES string of the molecule is CC(C)OC(=O)c1cn(Cc2ccc(-c3noc(C(F)(F)F)n3)cc2)nn1. The number of nitrogens with zero attached hydrogens (tertiary/aromatic N) is 5. The lowest BCUT2D eigenvalue weighted by atomic mass is 10.1. The number of aromatic nitrogens is 5. The maximum absolute atomic E-state index is 12.5. The van der Waals surface area contributed by atoms with E-state index in [1.54, 1.807) is 38.1 Å². The summed E-state index contributed by atoms with van der Waals surface area (Å²) in [6.45, 7) is 3.76. The van der Waals surface area contributed by atoms with Gasteiger partial charge < -0.3 is 9.26 Å². The molecule has 0 saturated carbocycles. The molecule has 3 rings (SSSR count). The summed E-state index contributed by atoms with van der Waals surface area (Å²) in [5, 5.41) is 10.9. The normalized spacial score (nSPS) is 11.8. The fourth-order valence-corrected chi connectivity index (χ4v) is 2.15. The minimum absolute atomic E-state index is 0.0896. The maximum Gasteiger partial charge on any atom is 0.471 e. The quantitative estimate of drug-likeness (QED) is 0.627. The Morgan fingerprint density at radius 2 is 1.96 bits per heavy atom. The molecule has 0 aliphatic heterocycles. The van der Waals surface area contributed by atoms with Crippen LogP contribution in [0.15, 0.2) is 35.0 Å². The van der Waals surface area contributed by atoms with E-state index in [2.05, 4.69) is 25.0 Å². The predicted molar refractivity (Wildman–Crippen MR) is 84.4 cm³/mol. The van der Waals surface area contributed by atoms with E-state index in [1.807, 2.05) is 0 Å². The van der Waals surface area contributed by atoms with Gasteiger partial charge in [0.15, 0.2) is 5.69 Å². The summed E-state index contributed by atoms with van der Waals surface area (Å²) in [5.41, 5.74) is 1.25. The van der Waals surface area contributed by atoms with Gasteiger partial charge in [0.25, 0.3) is 0 Å². The van der Waals surface area contributed by atoms with E-state index >= 15 is 0 Å². The molecule has 2 aromatic heterocycles. The first-order chi connectivity index (χ1) is 12.7. The van der Waals surface area contributed by atoms with E-state index in [0.717, 1.165) is 5.56 Å². The highest BCUT2D eigenvalue weighted by Gasteiger charge is 2.38. The van der Waals surface area contributed by atoms with Crippen LogP contribution < -0.4 is 0 Å². The van der Waals surface area contributed by atoms with Crippen LogP contribution in [0, 0.1) is 0 Å². The number of carbonyl (C=O) groups excluding carboxylic acids is 1. The van der Waals surface area contributed by atoms with Crippen molar-refractivity contribution in [1.82, 2.24) is 25.1 Å². The van der Waals surface area contributed by atoms with Crippen LogP contribution in [0.2, 0.25) is 0 Å². The Hall–Kier alpha value is -3.24. The molecule has 142 valence electrons.